The maximum Gasteiger partial charge on any atom is 0.162 e. The van der Waals surface area contributed by atoms with Gasteiger partial charge in [-0.3, -0.25) is 0 Å². The predicted octanol–water partition coefficient (Wildman–Crippen LogP) is 1.87. The highest BCUT2D eigenvalue weighted by atomic mass is 32.2. The lowest BCUT2D eigenvalue weighted by Crippen LogP contribution is -2.04. The second-order valence-electron chi connectivity index (χ2n) is 4.45. The minimum atomic E-state index is -2.85. The van der Waals surface area contributed by atoms with Crippen molar-refractivity contribution in [3.8, 4) is 11.5 Å². The smallest absolute Gasteiger partial charge is 0.162 e. The van der Waals surface area contributed by atoms with Crippen LogP contribution in [0.3, 0.4) is 0 Å². The van der Waals surface area contributed by atoms with Crippen molar-refractivity contribution in [3.63, 3.8) is 0 Å². The maximum atomic E-state index is 10.9. The summed E-state index contributed by atoms with van der Waals surface area (Å²) in [6.45, 7) is 0.532. The molecule has 1 aromatic carbocycles. The van der Waals surface area contributed by atoms with E-state index in [1.54, 1.807) is 25.3 Å². The van der Waals surface area contributed by atoms with Gasteiger partial charge in [-0.05, 0) is 31.4 Å². The van der Waals surface area contributed by atoms with Crippen molar-refractivity contribution in [1.82, 2.24) is 0 Å². The van der Waals surface area contributed by atoms with Gasteiger partial charge in [-0.25, -0.2) is 8.42 Å². The second-order valence-corrected chi connectivity index (χ2v) is 6.71. The molecule has 0 amide bonds. The number of ether oxygens (including phenoxy) is 2. The van der Waals surface area contributed by atoms with E-state index in [0.29, 0.717) is 30.2 Å². The van der Waals surface area contributed by atoms with Crippen LogP contribution in [0.4, 0.5) is 5.69 Å². The Labute approximate surface area is 114 Å². The Hall–Kier alpha value is -1.43. The average molecular weight is 287 g/mol. The summed E-state index contributed by atoms with van der Waals surface area (Å²) in [5.41, 5.74) is 6.27. The first-order valence-electron chi connectivity index (χ1n) is 6.16. The molecule has 19 heavy (non-hydrogen) atoms. The van der Waals surface area contributed by atoms with Crippen LogP contribution in [0.5, 0.6) is 11.5 Å². The first-order chi connectivity index (χ1) is 8.92. The lowest BCUT2D eigenvalue weighted by atomic mass is 10.2. The van der Waals surface area contributed by atoms with E-state index in [2.05, 4.69) is 0 Å². The molecule has 0 radical (unpaired) electrons. The van der Waals surface area contributed by atoms with Gasteiger partial charge < -0.3 is 15.2 Å². The zero-order valence-electron chi connectivity index (χ0n) is 11.4. The van der Waals surface area contributed by atoms with Gasteiger partial charge in [-0.15, -0.1) is 0 Å². The lowest BCUT2D eigenvalue weighted by molar-refractivity contribution is 0.286. The normalized spacial score (nSPS) is 11.3. The van der Waals surface area contributed by atoms with E-state index in [0.717, 1.165) is 12.8 Å². The molecule has 0 aromatic heterocycles. The highest BCUT2D eigenvalue weighted by molar-refractivity contribution is 7.90. The van der Waals surface area contributed by atoms with E-state index in [1.165, 1.54) is 6.26 Å². The Kier molecular flexibility index (Phi) is 5.95. The van der Waals surface area contributed by atoms with Crippen LogP contribution >= 0.6 is 0 Å². The Bertz CT molecular complexity index is 499. The molecule has 6 heteroatoms. The molecule has 0 unspecified atom stereocenters. The summed E-state index contributed by atoms with van der Waals surface area (Å²) >= 11 is 0. The summed E-state index contributed by atoms with van der Waals surface area (Å²) in [4.78, 5) is 0. The summed E-state index contributed by atoms with van der Waals surface area (Å²) in [6, 6.07) is 5.23. The standard InChI is InChI=1S/C13H21NO4S/c1-17-13-10-11(14)6-7-12(13)18-8-4-3-5-9-19(2,15)16/h6-7,10H,3-5,8-9,14H2,1-2H3. The first kappa shape index (κ1) is 15.6. The zero-order valence-corrected chi connectivity index (χ0v) is 12.2. The van der Waals surface area contributed by atoms with Crippen LogP contribution < -0.4 is 15.2 Å². The third-order valence-corrected chi connectivity index (χ3v) is 3.63. The van der Waals surface area contributed by atoms with E-state index in [9.17, 15) is 8.42 Å². The first-order valence-corrected chi connectivity index (χ1v) is 8.22. The minimum absolute atomic E-state index is 0.234. The van der Waals surface area contributed by atoms with Crippen LogP contribution in [0.1, 0.15) is 19.3 Å². The van der Waals surface area contributed by atoms with Crippen molar-refractivity contribution in [2.45, 2.75) is 19.3 Å². The molecule has 0 fully saturated rings. The number of unbranched alkanes of at least 4 members (excludes halogenated alkanes) is 2. The summed E-state index contributed by atoms with van der Waals surface area (Å²) < 4.78 is 32.6. The van der Waals surface area contributed by atoms with E-state index < -0.39 is 9.84 Å². The molecule has 0 saturated heterocycles. The lowest BCUT2D eigenvalue weighted by Gasteiger charge is -2.11. The predicted molar refractivity (Wildman–Crippen MR) is 76.5 cm³/mol. The monoisotopic (exact) mass is 287 g/mol. The van der Waals surface area contributed by atoms with Gasteiger partial charge in [0.15, 0.2) is 11.5 Å². The number of anilines is 1. The van der Waals surface area contributed by atoms with E-state index in [-0.39, 0.29) is 5.75 Å². The van der Waals surface area contributed by atoms with E-state index in [4.69, 9.17) is 15.2 Å². The molecule has 0 aliphatic rings. The van der Waals surface area contributed by atoms with Gasteiger partial charge in [-0.1, -0.05) is 0 Å². The van der Waals surface area contributed by atoms with Crippen LogP contribution in [0, 0.1) is 0 Å². The van der Waals surface area contributed by atoms with Gasteiger partial charge in [0.05, 0.1) is 13.7 Å². The molecule has 108 valence electrons. The van der Waals surface area contributed by atoms with Gasteiger partial charge in [-0.2, -0.15) is 0 Å². The second kappa shape index (κ2) is 7.23. The fourth-order valence-electron chi connectivity index (χ4n) is 1.63. The molecule has 2 N–H and O–H groups in total. The molecule has 0 spiro atoms. The topological polar surface area (TPSA) is 78.6 Å². The van der Waals surface area contributed by atoms with Crippen LogP contribution in [0.25, 0.3) is 0 Å². The van der Waals surface area contributed by atoms with Crippen molar-refractivity contribution < 1.29 is 17.9 Å². The third kappa shape index (κ3) is 6.33. The Morgan fingerprint density at radius 3 is 2.53 bits per heavy atom. The molecule has 0 saturated carbocycles. The highest BCUT2D eigenvalue weighted by Crippen LogP contribution is 2.29. The van der Waals surface area contributed by atoms with Crippen molar-refractivity contribution >= 4 is 15.5 Å². The number of hydrogen-bond acceptors (Lipinski definition) is 5. The van der Waals surface area contributed by atoms with Gasteiger partial charge in [0.25, 0.3) is 0 Å². The molecule has 0 aliphatic carbocycles. The van der Waals surface area contributed by atoms with Crippen molar-refractivity contribution in [3.05, 3.63) is 18.2 Å². The fraction of sp³-hybridized carbons (Fsp3) is 0.538. The Balaban J connectivity index is 2.30. The summed E-state index contributed by atoms with van der Waals surface area (Å²) in [5.74, 6) is 1.49. The zero-order chi connectivity index (χ0) is 14.3. The quantitative estimate of drug-likeness (QED) is 0.583. The average Bonchev–Trinajstić information content (AvgIpc) is 2.33. The SMILES string of the molecule is COc1cc(N)ccc1OCCCCCS(C)(=O)=O. The number of rotatable bonds is 8. The summed E-state index contributed by atoms with van der Waals surface area (Å²) in [7, 11) is -1.29. The largest absolute Gasteiger partial charge is 0.493 e. The van der Waals surface area contributed by atoms with Gasteiger partial charge in [0.1, 0.15) is 9.84 Å². The minimum Gasteiger partial charge on any atom is -0.493 e. The number of nitrogen functional groups attached to an aromatic ring is 1. The number of methoxy groups -OCH3 is 1. The molecule has 0 heterocycles. The Morgan fingerprint density at radius 1 is 1.16 bits per heavy atom. The highest BCUT2D eigenvalue weighted by Gasteiger charge is 2.05. The molecule has 0 aliphatic heterocycles. The molecule has 1 rings (SSSR count). The molecule has 5 nitrogen and oxygen atoms in total. The van der Waals surface area contributed by atoms with Gasteiger partial charge in [0, 0.05) is 23.8 Å². The maximum absolute atomic E-state index is 10.9. The van der Waals surface area contributed by atoms with Crippen molar-refractivity contribution in [2.75, 3.05) is 31.5 Å². The number of hydrogen-bond donors (Lipinski definition) is 1. The van der Waals surface area contributed by atoms with Crippen LogP contribution in [-0.2, 0) is 9.84 Å². The van der Waals surface area contributed by atoms with Crippen LogP contribution in [-0.4, -0.2) is 34.1 Å². The number of nitrogens with two attached hydrogens (primary N) is 1. The number of benzene rings is 1. The fourth-order valence-corrected chi connectivity index (χ4v) is 2.36. The molecular formula is C13H21NO4S. The Morgan fingerprint density at radius 2 is 1.89 bits per heavy atom. The third-order valence-electron chi connectivity index (χ3n) is 2.60. The molecule has 0 bridgehead atoms. The van der Waals surface area contributed by atoms with Crippen LogP contribution in [0.2, 0.25) is 0 Å². The van der Waals surface area contributed by atoms with Crippen molar-refractivity contribution in [1.29, 1.82) is 0 Å². The van der Waals surface area contributed by atoms with Crippen molar-refractivity contribution in [2.24, 2.45) is 0 Å². The van der Waals surface area contributed by atoms with E-state index >= 15 is 0 Å². The van der Waals surface area contributed by atoms with E-state index in [1.807, 2.05) is 0 Å². The molecule has 0 atom stereocenters. The summed E-state index contributed by atoms with van der Waals surface area (Å²) in [6.07, 6.45) is 3.55. The van der Waals surface area contributed by atoms with Gasteiger partial charge >= 0.3 is 0 Å². The van der Waals surface area contributed by atoms with Gasteiger partial charge in [0.2, 0.25) is 0 Å². The molecule has 1 aromatic rings. The summed E-state index contributed by atoms with van der Waals surface area (Å²) in [5, 5.41) is 0. The number of sulfone groups is 1. The van der Waals surface area contributed by atoms with Crippen LogP contribution in [0.15, 0.2) is 18.2 Å². The molecular weight excluding hydrogens is 266 g/mol.